The van der Waals surface area contributed by atoms with Crippen molar-refractivity contribution in [1.82, 2.24) is 9.80 Å². The quantitative estimate of drug-likeness (QED) is 0.410. The van der Waals surface area contributed by atoms with E-state index in [0.29, 0.717) is 6.61 Å². The molecule has 0 atom stereocenters. The van der Waals surface area contributed by atoms with Crippen molar-refractivity contribution in [2.24, 2.45) is 0 Å². The number of hydrogen-bond acceptors (Lipinski definition) is 4. The molecule has 0 aromatic heterocycles. The lowest BCUT2D eigenvalue weighted by Crippen LogP contribution is -2.46. The molecule has 0 spiro atoms. The van der Waals surface area contributed by atoms with Gasteiger partial charge < -0.3 is 14.5 Å². The van der Waals surface area contributed by atoms with E-state index in [9.17, 15) is 4.79 Å². The maximum atomic E-state index is 12.6. The lowest BCUT2D eigenvalue weighted by atomic mass is 9.99. The summed E-state index contributed by atoms with van der Waals surface area (Å²) >= 11 is 0. The predicted molar refractivity (Wildman–Crippen MR) is 144 cm³/mol. The first kappa shape index (κ1) is 24.8. The van der Waals surface area contributed by atoms with Crippen LogP contribution in [0.25, 0.3) is 11.1 Å². The standard InChI is InChI=1S/C30H37N3O2/c1-4-32(5-2)30(34)24-14-16-27(17-15-24)33-20-18-31(19-21-33)23-26-10-7-8-13-29(26)25-11-9-12-28(22-25)35-6-3/h7-17,22H,4-6,18-21,23H2,1-3H3. The third-order valence-electron chi connectivity index (χ3n) is 6.77. The van der Waals surface area contributed by atoms with Crippen molar-refractivity contribution in [3.05, 3.63) is 83.9 Å². The normalized spacial score (nSPS) is 14.1. The zero-order chi connectivity index (χ0) is 24.6. The van der Waals surface area contributed by atoms with E-state index in [1.807, 2.05) is 43.9 Å². The van der Waals surface area contributed by atoms with E-state index in [1.54, 1.807) is 0 Å². The molecule has 0 bridgehead atoms. The first-order valence-electron chi connectivity index (χ1n) is 12.8. The Hall–Kier alpha value is -3.31. The molecule has 0 radical (unpaired) electrons. The predicted octanol–water partition coefficient (Wildman–Crippen LogP) is 5.56. The Morgan fingerprint density at radius 2 is 1.57 bits per heavy atom. The van der Waals surface area contributed by atoms with E-state index in [2.05, 4.69) is 64.4 Å². The molecule has 5 heteroatoms. The van der Waals surface area contributed by atoms with E-state index < -0.39 is 0 Å². The Bertz CT molecular complexity index is 1100. The molecule has 1 aliphatic heterocycles. The third-order valence-corrected chi connectivity index (χ3v) is 6.77. The Morgan fingerprint density at radius 1 is 0.857 bits per heavy atom. The van der Waals surface area contributed by atoms with E-state index >= 15 is 0 Å². The molecular formula is C30H37N3O2. The monoisotopic (exact) mass is 471 g/mol. The minimum absolute atomic E-state index is 0.108. The van der Waals surface area contributed by atoms with Crippen LogP contribution in [0.1, 0.15) is 36.7 Å². The van der Waals surface area contributed by atoms with Gasteiger partial charge in [-0.05, 0) is 73.9 Å². The van der Waals surface area contributed by atoms with Crippen LogP contribution >= 0.6 is 0 Å². The molecule has 5 nitrogen and oxygen atoms in total. The molecule has 0 aliphatic carbocycles. The molecule has 0 unspecified atom stereocenters. The summed E-state index contributed by atoms with van der Waals surface area (Å²) in [6, 6.07) is 25.2. The summed E-state index contributed by atoms with van der Waals surface area (Å²) in [5.74, 6) is 1.02. The van der Waals surface area contributed by atoms with Gasteiger partial charge in [-0.15, -0.1) is 0 Å². The Balaban J connectivity index is 1.38. The number of nitrogens with zero attached hydrogens (tertiary/aromatic N) is 3. The number of amides is 1. The Kier molecular flexibility index (Phi) is 8.43. The van der Waals surface area contributed by atoms with Gasteiger partial charge in [-0.2, -0.15) is 0 Å². The van der Waals surface area contributed by atoms with Crippen molar-refractivity contribution >= 4 is 11.6 Å². The van der Waals surface area contributed by atoms with Gasteiger partial charge in [0.15, 0.2) is 0 Å². The van der Waals surface area contributed by atoms with Crippen LogP contribution in [0, 0.1) is 0 Å². The maximum absolute atomic E-state index is 12.6. The summed E-state index contributed by atoms with van der Waals surface area (Å²) in [5, 5.41) is 0. The van der Waals surface area contributed by atoms with Crippen LogP contribution in [0.3, 0.4) is 0 Å². The highest BCUT2D eigenvalue weighted by Crippen LogP contribution is 2.28. The molecule has 184 valence electrons. The van der Waals surface area contributed by atoms with Crippen LogP contribution < -0.4 is 9.64 Å². The average Bonchev–Trinajstić information content (AvgIpc) is 2.90. The van der Waals surface area contributed by atoms with Gasteiger partial charge in [0.05, 0.1) is 6.61 Å². The second-order valence-corrected chi connectivity index (χ2v) is 8.91. The smallest absolute Gasteiger partial charge is 0.253 e. The van der Waals surface area contributed by atoms with Crippen LogP contribution in [0.15, 0.2) is 72.8 Å². The van der Waals surface area contributed by atoms with E-state index in [-0.39, 0.29) is 5.91 Å². The van der Waals surface area contributed by atoms with Gasteiger partial charge in [-0.25, -0.2) is 0 Å². The summed E-state index contributed by atoms with van der Waals surface area (Å²) in [5.41, 5.74) is 5.76. The topological polar surface area (TPSA) is 36.0 Å². The Morgan fingerprint density at radius 3 is 2.26 bits per heavy atom. The molecule has 1 saturated heterocycles. The summed E-state index contributed by atoms with van der Waals surface area (Å²) in [6.45, 7) is 13.1. The lowest BCUT2D eigenvalue weighted by Gasteiger charge is -2.36. The average molecular weight is 472 g/mol. The first-order chi connectivity index (χ1) is 17.1. The molecule has 0 N–H and O–H groups in total. The van der Waals surface area contributed by atoms with Gasteiger partial charge in [0.1, 0.15) is 5.75 Å². The van der Waals surface area contributed by atoms with Gasteiger partial charge in [0.2, 0.25) is 0 Å². The van der Waals surface area contributed by atoms with Crippen LogP contribution in [-0.2, 0) is 6.54 Å². The summed E-state index contributed by atoms with van der Waals surface area (Å²) in [6.07, 6.45) is 0. The summed E-state index contributed by atoms with van der Waals surface area (Å²) < 4.78 is 5.72. The van der Waals surface area contributed by atoms with E-state index in [0.717, 1.165) is 57.1 Å². The summed E-state index contributed by atoms with van der Waals surface area (Å²) in [4.78, 5) is 19.4. The van der Waals surface area contributed by atoms with Crippen molar-refractivity contribution in [3.8, 4) is 16.9 Å². The maximum Gasteiger partial charge on any atom is 0.253 e. The molecule has 3 aromatic carbocycles. The molecule has 1 heterocycles. The van der Waals surface area contributed by atoms with Gasteiger partial charge in [-0.1, -0.05) is 36.4 Å². The fourth-order valence-corrected chi connectivity index (χ4v) is 4.77. The second-order valence-electron chi connectivity index (χ2n) is 8.91. The highest BCUT2D eigenvalue weighted by Gasteiger charge is 2.19. The largest absolute Gasteiger partial charge is 0.494 e. The summed E-state index contributed by atoms with van der Waals surface area (Å²) in [7, 11) is 0. The van der Waals surface area contributed by atoms with Crippen LogP contribution in [0.2, 0.25) is 0 Å². The number of rotatable bonds is 9. The molecule has 4 rings (SSSR count). The number of ether oxygens (including phenoxy) is 1. The number of carbonyl (C=O) groups is 1. The molecule has 0 saturated carbocycles. The first-order valence-corrected chi connectivity index (χ1v) is 12.8. The molecule has 1 fully saturated rings. The van der Waals surface area contributed by atoms with Crippen LogP contribution in [0.5, 0.6) is 5.75 Å². The fraction of sp³-hybridized carbons (Fsp3) is 0.367. The zero-order valence-electron chi connectivity index (χ0n) is 21.2. The van der Waals surface area contributed by atoms with E-state index in [1.165, 1.54) is 22.4 Å². The van der Waals surface area contributed by atoms with Crippen molar-refractivity contribution < 1.29 is 9.53 Å². The highest BCUT2D eigenvalue weighted by atomic mass is 16.5. The van der Waals surface area contributed by atoms with Crippen molar-refractivity contribution in [2.45, 2.75) is 27.3 Å². The number of piperazine rings is 1. The van der Waals surface area contributed by atoms with Gasteiger partial charge >= 0.3 is 0 Å². The fourth-order valence-electron chi connectivity index (χ4n) is 4.77. The highest BCUT2D eigenvalue weighted by molar-refractivity contribution is 5.94. The number of carbonyl (C=O) groups excluding carboxylic acids is 1. The van der Waals surface area contributed by atoms with Crippen molar-refractivity contribution in [2.75, 3.05) is 50.8 Å². The number of benzene rings is 3. The molecule has 3 aromatic rings. The second kappa shape index (κ2) is 11.9. The number of anilines is 1. The van der Waals surface area contributed by atoms with Crippen LogP contribution in [-0.4, -0.2) is 61.6 Å². The molecule has 1 amide bonds. The van der Waals surface area contributed by atoms with E-state index in [4.69, 9.17) is 4.74 Å². The zero-order valence-corrected chi connectivity index (χ0v) is 21.2. The molecule has 35 heavy (non-hydrogen) atoms. The van der Waals surface area contributed by atoms with Crippen LogP contribution in [0.4, 0.5) is 5.69 Å². The van der Waals surface area contributed by atoms with Gasteiger partial charge in [0, 0.05) is 57.1 Å². The number of hydrogen-bond donors (Lipinski definition) is 0. The molecular weight excluding hydrogens is 434 g/mol. The van der Waals surface area contributed by atoms with Crippen molar-refractivity contribution in [1.29, 1.82) is 0 Å². The lowest BCUT2D eigenvalue weighted by molar-refractivity contribution is 0.0773. The van der Waals surface area contributed by atoms with Gasteiger partial charge in [-0.3, -0.25) is 9.69 Å². The minimum Gasteiger partial charge on any atom is -0.494 e. The minimum atomic E-state index is 0.108. The molecule has 1 aliphatic rings. The Labute approximate surface area is 209 Å². The SMILES string of the molecule is CCOc1cccc(-c2ccccc2CN2CCN(c3ccc(C(=O)N(CC)CC)cc3)CC2)c1. The van der Waals surface area contributed by atoms with Crippen molar-refractivity contribution in [3.63, 3.8) is 0 Å². The third kappa shape index (κ3) is 6.04. The van der Waals surface area contributed by atoms with Gasteiger partial charge in [0.25, 0.3) is 5.91 Å².